The lowest BCUT2D eigenvalue weighted by Gasteiger charge is -2.26. The Labute approximate surface area is 337 Å². The van der Waals surface area contributed by atoms with E-state index in [1.165, 1.54) is 49.5 Å². The van der Waals surface area contributed by atoms with E-state index in [2.05, 4.69) is 93.5 Å². The fraction of sp³-hybridized carbons (Fsp3) is 0.500. The largest absolute Gasteiger partial charge is 0.510 e. The topological polar surface area (TPSA) is 132 Å². The highest BCUT2D eigenvalue weighted by Crippen LogP contribution is 2.42. The van der Waals surface area contributed by atoms with Crippen LogP contribution in [0.15, 0.2) is 23.9 Å². The first-order valence-corrected chi connectivity index (χ1v) is 21.1. The molecule has 2 aliphatic heterocycles. The quantitative estimate of drug-likeness (QED) is 0.0842. The predicted octanol–water partition coefficient (Wildman–Crippen LogP) is 6.92. The number of H-pyrrole nitrogens is 3. The van der Waals surface area contributed by atoms with Gasteiger partial charge in [0.15, 0.2) is 0 Å². The average molecular weight is 777 g/mol. The van der Waals surface area contributed by atoms with E-state index in [0.29, 0.717) is 11.6 Å². The molecule has 6 rings (SSSR count). The number of carbonyl (C=O) groups excluding carboxylic acids is 2. The lowest BCUT2D eigenvalue weighted by molar-refractivity contribution is -0.143. The zero-order valence-electron chi connectivity index (χ0n) is 35.6. The SMILES string of the molecule is C=Cc1c2[nH]c(c1C)/C=C1\NC(C3=c4[nH]c(c(C)c4=C(O)[C@@H]3C(=O)OC)/C=c3\[nH]/c(c(C)c3CC)=C\2)[C@@H](CCC(=O)OC/C=C(/C)CCC[C@@H](C)CCCC)[C@@H]1C. The number of unbranched alkanes of at least 4 members (excludes halogenated alkanes) is 1. The van der Waals surface area contributed by atoms with Crippen molar-refractivity contribution < 1.29 is 24.2 Å². The maximum Gasteiger partial charge on any atom is 0.320 e. The molecule has 3 aromatic rings. The normalized spacial score (nSPS) is 22.5. The third-order valence-electron chi connectivity index (χ3n) is 13.0. The van der Waals surface area contributed by atoms with Crippen LogP contribution in [0.25, 0.3) is 35.6 Å². The molecular formula is C48H64N4O5. The maximum absolute atomic E-state index is 13.6. The second kappa shape index (κ2) is 17.7. The summed E-state index contributed by atoms with van der Waals surface area (Å²) in [5.74, 6) is -1.17. The van der Waals surface area contributed by atoms with Gasteiger partial charge in [0.2, 0.25) is 0 Å². The third kappa shape index (κ3) is 8.26. The molecule has 0 aromatic carbocycles. The number of methoxy groups -OCH3 is 1. The molecule has 0 radical (unpaired) electrons. The number of aliphatic hydroxyl groups excluding tert-OH is 1. The standard InChI is InChI=1S/C48H64N4O5/c1-11-14-16-26(4)17-15-18-27(5)21-22-57-41(53)20-19-34-30(8)37-23-35-28(6)32(12-2)39(49-35)24-36-29(7)33(13-3)40(50-36)25-38-31(9)42-46(52-38)43(45(34)51-37)44(47(42)54)48(55)56-10/h12,21,23-26,30,34,44-45,49-52,54H,2,11,13-20,22H2,1,3-10H3/b27-21-,36-24-,37-23-,40-25-/t26-,30-,34-,44+,45?/m0/s1. The van der Waals surface area contributed by atoms with Gasteiger partial charge in [0.05, 0.1) is 18.5 Å². The molecule has 5 atom stereocenters. The molecule has 9 nitrogen and oxygen atoms in total. The number of carbonyl (C=O) groups is 2. The summed E-state index contributed by atoms with van der Waals surface area (Å²) in [6.45, 7) is 21.7. The zero-order chi connectivity index (χ0) is 41.1. The number of aliphatic hydroxyl groups is 1. The van der Waals surface area contributed by atoms with E-state index in [0.717, 1.165) is 86.3 Å². The highest BCUT2D eigenvalue weighted by molar-refractivity contribution is 5.95. The van der Waals surface area contributed by atoms with Crippen LogP contribution in [0.5, 0.6) is 0 Å². The van der Waals surface area contributed by atoms with Crippen LogP contribution in [0.1, 0.15) is 131 Å². The van der Waals surface area contributed by atoms with Crippen molar-refractivity contribution in [3.05, 3.63) is 90.1 Å². The van der Waals surface area contributed by atoms with Gasteiger partial charge < -0.3 is 34.8 Å². The molecule has 306 valence electrons. The number of aromatic amines is 3. The predicted molar refractivity (Wildman–Crippen MR) is 231 cm³/mol. The van der Waals surface area contributed by atoms with Crippen LogP contribution in [0.3, 0.4) is 0 Å². The van der Waals surface area contributed by atoms with Crippen LogP contribution in [0.2, 0.25) is 0 Å². The Kier molecular flexibility index (Phi) is 12.9. The fourth-order valence-electron chi connectivity index (χ4n) is 9.44. The van der Waals surface area contributed by atoms with Crippen LogP contribution in [-0.4, -0.2) is 51.8 Å². The molecular weight excluding hydrogens is 713 g/mol. The number of nitrogens with one attached hydrogen (secondary N) is 4. The molecule has 1 unspecified atom stereocenters. The number of allylic oxidation sites excluding steroid dienone is 2. The van der Waals surface area contributed by atoms with E-state index in [4.69, 9.17) is 9.47 Å². The molecule has 5 heterocycles. The fourth-order valence-corrected chi connectivity index (χ4v) is 9.44. The smallest absolute Gasteiger partial charge is 0.320 e. The van der Waals surface area contributed by atoms with E-state index in [1.807, 2.05) is 19.1 Å². The van der Waals surface area contributed by atoms with Crippen molar-refractivity contribution in [3.8, 4) is 0 Å². The molecule has 8 bridgehead atoms. The lowest BCUT2D eigenvalue weighted by Crippen LogP contribution is -2.38. The van der Waals surface area contributed by atoms with Crippen molar-refractivity contribution in [1.29, 1.82) is 0 Å². The number of aromatic nitrogens is 3. The molecule has 3 aromatic heterocycles. The van der Waals surface area contributed by atoms with E-state index in [1.54, 1.807) is 0 Å². The van der Waals surface area contributed by atoms with Gasteiger partial charge in [0, 0.05) is 56.6 Å². The highest BCUT2D eigenvalue weighted by atomic mass is 16.5. The summed E-state index contributed by atoms with van der Waals surface area (Å²) in [5.41, 5.74) is 11.0. The van der Waals surface area contributed by atoms with E-state index >= 15 is 0 Å². The minimum absolute atomic E-state index is 0.0168. The average Bonchev–Trinajstić information content (AvgIpc) is 3.93. The Morgan fingerprint density at radius 1 is 0.947 bits per heavy atom. The van der Waals surface area contributed by atoms with Crippen molar-refractivity contribution in [3.63, 3.8) is 0 Å². The van der Waals surface area contributed by atoms with Gasteiger partial charge in [-0.3, -0.25) is 9.59 Å². The monoisotopic (exact) mass is 776 g/mol. The Morgan fingerprint density at radius 3 is 2.37 bits per heavy atom. The molecule has 3 aliphatic rings. The Bertz CT molecular complexity index is 2350. The second-order valence-corrected chi connectivity index (χ2v) is 16.7. The number of hydrogen-bond acceptors (Lipinski definition) is 6. The second-order valence-electron chi connectivity index (χ2n) is 16.7. The number of esters is 2. The molecule has 57 heavy (non-hydrogen) atoms. The van der Waals surface area contributed by atoms with Crippen molar-refractivity contribution in [2.45, 2.75) is 119 Å². The summed E-state index contributed by atoms with van der Waals surface area (Å²) in [6, 6.07) is -0.391. The maximum atomic E-state index is 13.6. The summed E-state index contributed by atoms with van der Waals surface area (Å²) < 4.78 is 11.1. The lowest BCUT2D eigenvalue weighted by atomic mass is 9.80. The molecule has 5 N–H and O–H groups in total. The molecule has 0 amide bonds. The third-order valence-corrected chi connectivity index (χ3v) is 13.0. The van der Waals surface area contributed by atoms with Crippen molar-refractivity contribution in [1.82, 2.24) is 20.3 Å². The Balaban J connectivity index is 1.38. The van der Waals surface area contributed by atoms with E-state index < -0.39 is 17.9 Å². The Hall–Kier alpha value is -4.92. The number of ether oxygens (including phenoxy) is 2. The number of hydrogen-bond donors (Lipinski definition) is 5. The first-order valence-electron chi connectivity index (χ1n) is 21.1. The zero-order valence-corrected chi connectivity index (χ0v) is 35.6. The minimum atomic E-state index is -0.990. The van der Waals surface area contributed by atoms with Gasteiger partial charge in [-0.1, -0.05) is 71.6 Å². The van der Waals surface area contributed by atoms with Gasteiger partial charge in [0.1, 0.15) is 18.3 Å². The summed E-state index contributed by atoms with van der Waals surface area (Å²) in [4.78, 5) is 37.9. The molecule has 1 saturated heterocycles. The molecule has 9 heteroatoms. The molecule has 0 saturated carbocycles. The van der Waals surface area contributed by atoms with Gasteiger partial charge in [-0.15, -0.1) is 0 Å². The number of fused-ring (bicyclic) bond motifs is 8. The summed E-state index contributed by atoms with van der Waals surface area (Å²) >= 11 is 0. The molecule has 1 fully saturated rings. The van der Waals surface area contributed by atoms with Crippen LogP contribution in [0.4, 0.5) is 0 Å². The van der Waals surface area contributed by atoms with Crippen LogP contribution in [-0.2, 0) is 25.5 Å². The van der Waals surface area contributed by atoms with Crippen molar-refractivity contribution >= 4 is 47.6 Å². The molecule has 0 spiro atoms. The highest BCUT2D eigenvalue weighted by Gasteiger charge is 2.47. The Morgan fingerprint density at radius 2 is 1.67 bits per heavy atom. The summed E-state index contributed by atoms with van der Waals surface area (Å²) in [5, 5.41) is 19.0. The first-order chi connectivity index (χ1) is 27.3. The van der Waals surface area contributed by atoms with Gasteiger partial charge in [0.25, 0.3) is 0 Å². The number of rotatable bonds is 15. The summed E-state index contributed by atoms with van der Waals surface area (Å²) in [6.07, 6.45) is 19.1. The van der Waals surface area contributed by atoms with Crippen LogP contribution in [0, 0.1) is 44.4 Å². The van der Waals surface area contributed by atoms with Gasteiger partial charge in [-0.25, -0.2) is 0 Å². The van der Waals surface area contributed by atoms with Gasteiger partial charge in [-0.2, -0.15) is 0 Å². The van der Waals surface area contributed by atoms with E-state index in [9.17, 15) is 14.7 Å². The van der Waals surface area contributed by atoms with Gasteiger partial charge >= 0.3 is 11.9 Å². The van der Waals surface area contributed by atoms with Gasteiger partial charge in [-0.05, 0) is 117 Å². The summed E-state index contributed by atoms with van der Waals surface area (Å²) in [7, 11) is 1.36. The van der Waals surface area contributed by atoms with Crippen molar-refractivity contribution in [2.75, 3.05) is 13.7 Å². The van der Waals surface area contributed by atoms with E-state index in [-0.39, 0.29) is 36.6 Å². The van der Waals surface area contributed by atoms with Crippen molar-refractivity contribution in [2.24, 2.45) is 23.7 Å². The van der Waals surface area contributed by atoms with Crippen LogP contribution < -0.4 is 26.6 Å². The molecule has 1 aliphatic carbocycles. The van der Waals surface area contributed by atoms with Crippen LogP contribution >= 0.6 is 0 Å². The minimum Gasteiger partial charge on any atom is -0.510 e. The first kappa shape index (κ1) is 41.7.